The summed E-state index contributed by atoms with van der Waals surface area (Å²) in [5, 5.41) is 0. The van der Waals surface area contributed by atoms with E-state index in [0.717, 1.165) is 0 Å². The van der Waals surface area contributed by atoms with Crippen LogP contribution < -0.4 is 9.64 Å². The van der Waals surface area contributed by atoms with E-state index in [1.54, 1.807) is 25.2 Å². The summed E-state index contributed by atoms with van der Waals surface area (Å²) in [6.07, 6.45) is 1.37. The fourth-order valence-corrected chi connectivity index (χ4v) is 3.42. The molecule has 0 atom stereocenters. The molecule has 0 N–H and O–H groups in total. The second-order valence-electron chi connectivity index (χ2n) is 6.32. The molecule has 1 aromatic rings. The Bertz CT molecular complexity index is 674. The van der Waals surface area contributed by atoms with E-state index in [0.29, 0.717) is 56.1 Å². The van der Waals surface area contributed by atoms with Crippen LogP contribution in [0.15, 0.2) is 18.2 Å². The molecular weight excluding hydrogens is 312 g/mol. The van der Waals surface area contributed by atoms with Crippen molar-refractivity contribution in [2.24, 2.45) is 0 Å². The normalized spacial score (nSPS) is 22.5. The second kappa shape index (κ2) is 5.75. The van der Waals surface area contributed by atoms with Gasteiger partial charge in [-0.05, 0) is 18.2 Å². The van der Waals surface area contributed by atoms with Gasteiger partial charge < -0.3 is 24.0 Å². The highest BCUT2D eigenvalue weighted by Crippen LogP contribution is 2.34. The van der Waals surface area contributed by atoms with E-state index < -0.39 is 5.79 Å². The summed E-state index contributed by atoms with van der Waals surface area (Å²) in [6, 6.07) is 5.22. The van der Waals surface area contributed by atoms with Gasteiger partial charge in [0.05, 0.1) is 18.9 Å². The molecule has 24 heavy (non-hydrogen) atoms. The van der Waals surface area contributed by atoms with E-state index in [1.165, 1.54) is 4.90 Å². The van der Waals surface area contributed by atoms with Gasteiger partial charge in [-0.2, -0.15) is 0 Å². The predicted octanol–water partition coefficient (Wildman–Crippen LogP) is 1.02. The van der Waals surface area contributed by atoms with Crippen molar-refractivity contribution in [3.05, 3.63) is 23.8 Å². The highest BCUT2D eigenvalue weighted by Gasteiger charge is 2.41. The topological polar surface area (TPSA) is 68.3 Å². The lowest BCUT2D eigenvalue weighted by atomic mass is 10.0. The van der Waals surface area contributed by atoms with Crippen molar-refractivity contribution in [2.45, 2.75) is 18.6 Å². The minimum absolute atomic E-state index is 0.0327. The Kier molecular flexibility index (Phi) is 3.69. The molecule has 2 amide bonds. The number of ether oxygens (including phenoxy) is 3. The monoisotopic (exact) mass is 332 g/mol. The lowest BCUT2D eigenvalue weighted by Gasteiger charge is -2.37. The van der Waals surface area contributed by atoms with Crippen LogP contribution in [0.3, 0.4) is 0 Å². The fourth-order valence-electron chi connectivity index (χ4n) is 3.42. The van der Waals surface area contributed by atoms with Crippen LogP contribution in [0, 0.1) is 0 Å². The first-order valence-electron chi connectivity index (χ1n) is 8.19. The number of fused-ring (bicyclic) bond motifs is 1. The average Bonchev–Trinajstić information content (AvgIpc) is 3.06. The van der Waals surface area contributed by atoms with Crippen molar-refractivity contribution < 1.29 is 23.8 Å². The number of carbonyl (C=O) groups excluding carboxylic acids is 2. The van der Waals surface area contributed by atoms with Crippen molar-refractivity contribution in [2.75, 3.05) is 44.9 Å². The van der Waals surface area contributed by atoms with Crippen molar-refractivity contribution in [3.8, 4) is 5.75 Å². The van der Waals surface area contributed by atoms with Gasteiger partial charge >= 0.3 is 0 Å². The molecule has 7 heteroatoms. The lowest BCUT2D eigenvalue weighted by Crippen LogP contribution is -2.47. The van der Waals surface area contributed by atoms with E-state index in [-0.39, 0.29) is 18.4 Å². The molecule has 128 valence electrons. The first-order valence-corrected chi connectivity index (χ1v) is 8.19. The third-order valence-corrected chi connectivity index (χ3v) is 4.92. The zero-order valence-corrected chi connectivity index (χ0v) is 13.6. The first-order chi connectivity index (χ1) is 11.6. The van der Waals surface area contributed by atoms with Gasteiger partial charge in [-0.3, -0.25) is 9.59 Å². The lowest BCUT2D eigenvalue weighted by molar-refractivity contribution is -0.181. The Balaban J connectivity index is 1.50. The predicted molar refractivity (Wildman–Crippen MR) is 85.1 cm³/mol. The second-order valence-corrected chi connectivity index (χ2v) is 6.32. The van der Waals surface area contributed by atoms with Gasteiger partial charge in [0.25, 0.3) is 11.8 Å². The van der Waals surface area contributed by atoms with Gasteiger partial charge in [0, 0.05) is 38.5 Å². The number of piperidine rings is 1. The molecule has 0 unspecified atom stereocenters. The standard InChI is InChI=1S/C17H20N2O5/c1-18-13-10-12(2-3-14(13)22-11-15(18)20)16(21)19-6-4-17(5-7-19)23-8-9-24-17/h2-3,10H,4-9,11H2,1H3. The van der Waals surface area contributed by atoms with Crippen LogP contribution in [0.2, 0.25) is 0 Å². The summed E-state index contributed by atoms with van der Waals surface area (Å²) < 4.78 is 16.8. The summed E-state index contributed by atoms with van der Waals surface area (Å²) in [4.78, 5) is 27.9. The third kappa shape index (κ3) is 2.53. The summed E-state index contributed by atoms with van der Waals surface area (Å²) >= 11 is 0. The summed E-state index contributed by atoms with van der Waals surface area (Å²) in [5.41, 5.74) is 1.19. The number of hydrogen-bond donors (Lipinski definition) is 0. The molecule has 3 aliphatic rings. The Morgan fingerprint density at radius 1 is 1.17 bits per heavy atom. The molecular formula is C17H20N2O5. The number of amides is 2. The van der Waals surface area contributed by atoms with Crippen molar-refractivity contribution >= 4 is 17.5 Å². The van der Waals surface area contributed by atoms with Crippen molar-refractivity contribution in [1.82, 2.24) is 4.90 Å². The van der Waals surface area contributed by atoms with Gasteiger partial charge in [0.15, 0.2) is 12.4 Å². The Labute approximate surface area is 140 Å². The highest BCUT2D eigenvalue weighted by molar-refractivity contribution is 6.01. The molecule has 0 aromatic heterocycles. The van der Waals surface area contributed by atoms with Crippen LogP contribution in [0.4, 0.5) is 5.69 Å². The van der Waals surface area contributed by atoms with Crippen LogP contribution >= 0.6 is 0 Å². The van der Waals surface area contributed by atoms with E-state index in [9.17, 15) is 9.59 Å². The quantitative estimate of drug-likeness (QED) is 0.768. The van der Waals surface area contributed by atoms with Gasteiger partial charge in [0.2, 0.25) is 0 Å². The van der Waals surface area contributed by atoms with Gasteiger partial charge in [-0.25, -0.2) is 0 Å². The SMILES string of the molecule is CN1C(=O)COc2ccc(C(=O)N3CCC4(CC3)OCCO4)cc21. The zero-order chi connectivity index (χ0) is 16.7. The van der Waals surface area contributed by atoms with E-state index >= 15 is 0 Å². The maximum atomic E-state index is 12.8. The molecule has 2 saturated heterocycles. The third-order valence-electron chi connectivity index (χ3n) is 4.92. The number of carbonyl (C=O) groups is 2. The van der Waals surface area contributed by atoms with E-state index in [2.05, 4.69) is 0 Å². The number of likely N-dealkylation sites (N-methyl/N-ethyl adjacent to an activating group) is 1. The molecule has 3 aliphatic heterocycles. The average molecular weight is 332 g/mol. The molecule has 0 bridgehead atoms. The van der Waals surface area contributed by atoms with Crippen LogP contribution in [-0.2, 0) is 14.3 Å². The summed E-state index contributed by atoms with van der Waals surface area (Å²) in [5.74, 6) is -0.0359. The first kappa shape index (κ1) is 15.4. The molecule has 0 aliphatic carbocycles. The van der Waals surface area contributed by atoms with E-state index in [4.69, 9.17) is 14.2 Å². The molecule has 0 radical (unpaired) electrons. The van der Waals surface area contributed by atoms with Gasteiger partial charge in [-0.15, -0.1) is 0 Å². The number of benzene rings is 1. The molecule has 7 nitrogen and oxygen atoms in total. The molecule has 2 fully saturated rings. The number of anilines is 1. The number of rotatable bonds is 1. The molecule has 1 spiro atoms. The van der Waals surface area contributed by atoms with Gasteiger partial charge in [-0.1, -0.05) is 0 Å². The van der Waals surface area contributed by atoms with Gasteiger partial charge in [0.1, 0.15) is 5.75 Å². The van der Waals surface area contributed by atoms with E-state index in [1.807, 2.05) is 4.90 Å². The van der Waals surface area contributed by atoms with Crippen LogP contribution in [0.25, 0.3) is 0 Å². The Morgan fingerprint density at radius 2 is 1.88 bits per heavy atom. The van der Waals surface area contributed by atoms with Crippen LogP contribution in [0.1, 0.15) is 23.2 Å². The van der Waals surface area contributed by atoms with Crippen LogP contribution in [-0.4, -0.2) is 62.5 Å². The largest absolute Gasteiger partial charge is 0.482 e. The fraction of sp³-hybridized carbons (Fsp3) is 0.529. The minimum Gasteiger partial charge on any atom is -0.482 e. The molecule has 0 saturated carbocycles. The maximum Gasteiger partial charge on any atom is 0.264 e. The van der Waals surface area contributed by atoms with Crippen molar-refractivity contribution in [1.29, 1.82) is 0 Å². The maximum absolute atomic E-state index is 12.8. The molecule has 1 aromatic carbocycles. The number of nitrogens with zero attached hydrogens (tertiary/aromatic N) is 2. The summed E-state index contributed by atoms with van der Waals surface area (Å²) in [7, 11) is 1.69. The van der Waals surface area contributed by atoms with Crippen molar-refractivity contribution in [3.63, 3.8) is 0 Å². The zero-order valence-electron chi connectivity index (χ0n) is 13.6. The highest BCUT2D eigenvalue weighted by atomic mass is 16.7. The molecule has 3 heterocycles. The minimum atomic E-state index is -0.493. The molecule has 4 rings (SSSR count). The Morgan fingerprint density at radius 3 is 2.58 bits per heavy atom. The number of likely N-dealkylation sites (tertiary alicyclic amines) is 1. The summed E-state index contributed by atoms with van der Waals surface area (Å²) in [6.45, 7) is 2.48. The smallest absolute Gasteiger partial charge is 0.264 e. The Hall–Kier alpha value is -2.12. The van der Waals surface area contributed by atoms with Crippen LogP contribution in [0.5, 0.6) is 5.75 Å². The number of hydrogen-bond acceptors (Lipinski definition) is 5.